The second-order valence-corrected chi connectivity index (χ2v) is 3.62. The van der Waals surface area contributed by atoms with Gasteiger partial charge >= 0.3 is 5.69 Å². The molecule has 1 unspecified atom stereocenters. The van der Waals surface area contributed by atoms with Crippen LogP contribution in [0.15, 0.2) is 15.7 Å². The number of aromatic amines is 2. The smallest absolute Gasteiger partial charge is 0.326 e. The van der Waals surface area contributed by atoms with E-state index in [0.29, 0.717) is 0 Å². The first-order valence-electron chi connectivity index (χ1n) is 5.14. The molecule has 9 nitrogen and oxygen atoms in total. The summed E-state index contributed by atoms with van der Waals surface area (Å²) in [5, 5.41) is 18.9. The van der Waals surface area contributed by atoms with Crippen molar-refractivity contribution >= 4 is 16.6 Å². The number of quaternary nitrogens is 1. The van der Waals surface area contributed by atoms with Crippen molar-refractivity contribution in [3.63, 3.8) is 0 Å². The van der Waals surface area contributed by atoms with Gasteiger partial charge in [0, 0.05) is 0 Å². The summed E-state index contributed by atoms with van der Waals surface area (Å²) in [6.45, 7) is 0. The molecule has 0 amide bonds. The maximum absolute atomic E-state index is 11.8. The van der Waals surface area contributed by atoms with Gasteiger partial charge in [0.05, 0.1) is 20.3 Å². The summed E-state index contributed by atoms with van der Waals surface area (Å²) < 4.78 is 9.95. The molecule has 0 spiro atoms. The molecular formula is C10H11N3O6. The topological polar surface area (TPSA) is 132 Å². The number of methoxy groups -OCH3 is 2. The Morgan fingerprint density at radius 2 is 1.95 bits per heavy atom. The van der Waals surface area contributed by atoms with Gasteiger partial charge in [-0.2, -0.15) is 5.23 Å². The third-order valence-corrected chi connectivity index (χ3v) is 2.59. The van der Waals surface area contributed by atoms with E-state index in [2.05, 4.69) is 4.98 Å². The number of ether oxygens (including phenoxy) is 2. The Morgan fingerprint density at radius 1 is 1.26 bits per heavy atom. The molecule has 0 fully saturated rings. The van der Waals surface area contributed by atoms with Gasteiger partial charge in [-0.05, 0) is 0 Å². The third kappa shape index (κ3) is 2.05. The number of H-pyrrole nitrogens is 2. The summed E-state index contributed by atoms with van der Waals surface area (Å²) in [5.41, 5.74) is -1.62. The molecule has 0 radical (unpaired) electrons. The largest absolute Gasteiger partial charge is 0.595 e. The highest BCUT2D eigenvalue weighted by molar-refractivity contribution is 5.93. The number of hydrogen-bond acceptors (Lipinski definition) is 6. The minimum absolute atomic E-state index is 0.0661. The summed E-state index contributed by atoms with van der Waals surface area (Å²) in [6, 6.07) is 1.18. The van der Waals surface area contributed by atoms with Crippen molar-refractivity contribution in [2.24, 2.45) is 0 Å². The molecule has 19 heavy (non-hydrogen) atoms. The normalized spacial score (nSPS) is 12.4. The van der Waals surface area contributed by atoms with E-state index < -0.39 is 16.5 Å². The minimum atomic E-state index is -1.28. The molecule has 2 rings (SSSR count). The van der Waals surface area contributed by atoms with Crippen LogP contribution in [0.3, 0.4) is 0 Å². The number of rotatable bonds is 3. The first kappa shape index (κ1) is 13.1. The number of nitrogens with one attached hydrogen (secondary N) is 3. The lowest BCUT2D eigenvalue weighted by molar-refractivity contribution is -0.991. The summed E-state index contributed by atoms with van der Waals surface area (Å²) in [4.78, 5) is 27.5. The van der Waals surface area contributed by atoms with Crippen LogP contribution in [0.5, 0.6) is 11.5 Å². The lowest BCUT2D eigenvalue weighted by atomic mass is 10.2. The maximum Gasteiger partial charge on any atom is 0.326 e. The van der Waals surface area contributed by atoms with E-state index in [1.165, 1.54) is 20.3 Å². The van der Waals surface area contributed by atoms with Gasteiger partial charge in [0.2, 0.25) is 5.69 Å². The van der Waals surface area contributed by atoms with Crippen LogP contribution in [0.25, 0.3) is 10.9 Å². The lowest BCUT2D eigenvalue weighted by Crippen LogP contribution is -2.99. The fraction of sp³-hybridized carbons (Fsp3) is 0.200. The van der Waals surface area contributed by atoms with Gasteiger partial charge in [-0.25, -0.2) is 10.0 Å². The zero-order valence-electron chi connectivity index (χ0n) is 10.1. The van der Waals surface area contributed by atoms with Gasteiger partial charge in [-0.1, -0.05) is 0 Å². The molecule has 0 saturated heterocycles. The summed E-state index contributed by atoms with van der Waals surface area (Å²) in [6.07, 6.45) is 0. The molecule has 1 aromatic carbocycles. The van der Waals surface area contributed by atoms with Crippen molar-refractivity contribution in [3.05, 3.63) is 32.1 Å². The molecule has 0 aliphatic carbocycles. The minimum Gasteiger partial charge on any atom is -0.595 e. The molecule has 1 aromatic heterocycles. The molecule has 102 valence electrons. The van der Waals surface area contributed by atoms with Gasteiger partial charge in [0.15, 0.2) is 5.75 Å². The van der Waals surface area contributed by atoms with Crippen LogP contribution in [0.2, 0.25) is 0 Å². The number of fused-ring (bicyclic) bond motifs is 1. The van der Waals surface area contributed by atoms with E-state index in [1.807, 2.05) is 4.98 Å². The van der Waals surface area contributed by atoms with Gasteiger partial charge < -0.3 is 19.7 Å². The second kappa shape index (κ2) is 4.72. The van der Waals surface area contributed by atoms with E-state index in [1.54, 1.807) is 0 Å². The average Bonchev–Trinajstić information content (AvgIpc) is 2.36. The quantitative estimate of drug-likeness (QED) is 0.509. The average molecular weight is 269 g/mol. The van der Waals surface area contributed by atoms with Crippen molar-refractivity contribution < 1.29 is 19.9 Å². The van der Waals surface area contributed by atoms with Crippen LogP contribution in [0.1, 0.15) is 0 Å². The van der Waals surface area contributed by atoms with E-state index in [4.69, 9.17) is 14.7 Å². The molecule has 0 saturated carbocycles. The van der Waals surface area contributed by atoms with Gasteiger partial charge in [0.25, 0.3) is 5.56 Å². The van der Waals surface area contributed by atoms with Crippen LogP contribution in [0, 0.1) is 5.21 Å². The van der Waals surface area contributed by atoms with Gasteiger partial charge in [0.1, 0.15) is 16.7 Å². The fourth-order valence-electron chi connectivity index (χ4n) is 1.82. The van der Waals surface area contributed by atoms with E-state index in [0.717, 1.165) is 0 Å². The summed E-state index contributed by atoms with van der Waals surface area (Å²) >= 11 is 0. The van der Waals surface area contributed by atoms with E-state index in [-0.39, 0.29) is 28.1 Å². The number of hydrogen-bond donors (Lipinski definition) is 4. The summed E-state index contributed by atoms with van der Waals surface area (Å²) in [7, 11) is 2.53. The predicted octanol–water partition coefficient (Wildman–Crippen LogP) is -1.36. The highest BCUT2D eigenvalue weighted by Gasteiger charge is 2.21. The molecule has 4 N–H and O–H groups in total. The maximum atomic E-state index is 11.8. The van der Waals surface area contributed by atoms with Gasteiger partial charge in [-0.15, -0.1) is 0 Å². The SMILES string of the molecule is COc1cc([NH+]([O-])O)c(OC)c2c(=O)[nH]c(=O)[nH]c12. The van der Waals surface area contributed by atoms with E-state index in [9.17, 15) is 14.8 Å². The highest BCUT2D eigenvalue weighted by Crippen LogP contribution is 2.34. The Kier molecular flexibility index (Phi) is 3.25. The summed E-state index contributed by atoms with van der Waals surface area (Å²) in [5.74, 6) is -0.0720. The van der Waals surface area contributed by atoms with Crippen molar-refractivity contribution in [2.75, 3.05) is 14.2 Å². The monoisotopic (exact) mass is 269 g/mol. The second-order valence-electron chi connectivity index (χ2n) is 3.62. The van der Waals surface area contributed by atoms with Crippen LogP contribution in [-0.2, 0) is 0 Å². The molecule has 0 aliphatic rings. The van der Waals surface area contributed by atoms with Crippen LogP contribution in [0.4, 0.5) is 5.69 Å². The lowest BCUT2D eigenvalue weighted by Gasteiger charge is -2.17. The van der Waals surface area contributed by atoms with Gasteiger partial charge in [-0.3, -0.25) is 9.78 Å². The van der Waals surface area contributed by atoms with Crippen molar-refractivity contribution in [2.45, 2.75) is 0 Å². The molecule has 0 bridgehead atoms. The van der Waals surface area contributed by atoms with Crippen molar-refractivity contribution in [1.29, 1.82) is 0 Å². The Morgan fingerprint density at radius 3 is 2.47 bits per heavy atom. The molecule has 2 aromatic rings. The fourth-order valence-corrected chi connectivity index (χ4v) is 1.82. The highest BCUT2D eigenvalue weighted by atomic mass is 16.8. The molecule has 0 aliphatic heterocycles. The predicted molar refractivity (Wildman–Crippen MR) is 64.1 cm³/mol. The molecule has 1 atom stereocenters. The Balaban J connectivity index is 3.05. The Hall–Kier alpha value is -2.36. The third-order valence-electron chi connectivity index (χ3n) is 2.59. The first-order valence-corrected chi connectivity index (χ1v) is 5.14. The van der Waals surface area contributed by atoms with Crippen molar-refractivity contribution in [3.8, 4) is 11.5 Å². The van der Waals surface area contributed by atoms with Crippen molar-refractivity contribution in [1.82, 2.24) is 9.97 Å². The number of aromatic nitrogens is 2. The molecule has 9 heteroatoms. The standard InChI is InChI=1S/C10H11N3O6/c1-18-5-3-4(13(16)17)8(19-2)6-7(5)11-10(15)12-9(6)14/h3,13,16H,1-2H3,(H2,11,12,14,15). The molecular weight excluding hydrogens is 258 g/mol. The first-order chi connectivity index (χ1) is 8.99. The zero-order valence-corrected chi connectivity index (χ0v) is 10.1. The van der Waals surface area contributed by atoms with E-state index >= 15 is 0 Å². The van der Waals surface area contributed by atoms with Crippen LogP contribution < -0.4 is 25.9 Å². The van der Waals surface area contributed by atoms with Crippen LogP contribution in [-0.4, -0.2) is 29.4 Å². The van der Waals surface area contributed by atoms with Crippen LogP contribution >= 0.6 is 0 Å². The zero-order chi connectivity index (χ0) is 14.2. The Bertz CT molecular complexity index is 732. The Labute approximate surface area is 105 Å². The number of benzene rings is 1. The molecule has 1 heterocycles.